The molecule has 0 saturated carbocycles. The number of pyridine rings is 2. The van der Waals surface area contributed by atoms with Gasteiger partial charge in [-0.25, -0.2) is 4.98 Å². The van der Waals surface area contributed by atoms with E-state index in [0.717, 1.165) is 11.3 Å². The quantitative estimate of drug-likeness (QED) is 0.687. The van der Waals surface area contributed by atoms with Crippen LogP contribution in [0, 0.1) is 0 Å². The molecule has 1 aromatic carbocycles. The molecule has 2 aromatic heterocycles. The first-order valence-electron chi connectivity index (χ1n) is 7.00. The van der Waals surface area contributed by atoms with Crippen LogP contribution in [0.15, 0.2) is 53.5 Å². The second-order valence-electron chi connectivity index (χ2n) is 5.29. The van der Waals surface area contributed by atoms with Crippen molar-refractivity contribution in [3.8, 4) is 11.6 Å². The average Bonchev–Trinajstić information content (AvgIpc) is 2.90. The molecular weight excluding hydrogens is 264 g/mol. The molecule has 0 bridgehead atoms. The molecule has 1 aliphatic rings. The van der Waals surface area contributed by atoms with Gasteiger partial charge >= 0.3 is 0 Å². The highest BCUT2D eigenvalue weighted by Crippen LogP contribution is 2.32. The molecule has 21 heavy (non-hydrogen) atoms. The van der Waals surface area contributed by atoms with Crippen molar-refractivity contribution in [1.82, 2.24) is 9.55 Å². The highest BCUT2D eigenvalue weighted by molar-refractivity contribution is 5.79. The summed E-state index contributed by atoms with van der Waals surface area (Å²) in [7, 11) is 0. The highest BCUT2D eigenvalue weighted by atomic mass is 16.5. The zero-order valence-electron chi connectivity index (χ0n) is 11.6. The largest absolute Gasteiger partial charge is 0.475 e. The van der Waals surface area contributed by atoms with Crippen LogP contribution >= 0.6 is 0 Å². The lowest BCUT2D eigenvalue weighted by molar-refractivity contribution is 0.242. The Hall–Kier alpha value is -2.62. The van der Waals surface area contributed by atoms with Crippen molar-refractivity contribution in [2.24, 2.45) is 0 Å². The Morgan fingerprint density at radius 1 is 1.19 bits per heavy atom. The Morgan fingerprint density at radius 3 is 2.81 bits per heavy atom. The van der Waals surface area contributed by atoms with E-state index < -0.39 is 0 Å². The van der Waals surface area contributed by atoms with Gasteiger partial charge in [-0.2, -0.15) is 0 Å². The van der Waals surface area contributed by atoms with E-state index in [1.165, 1.54) is 0 Å². The first kappa shape index (κ1) is 12.1. The summed E-state index contributed by atoms with van der Waals surface area (Å²) in [6, 6.07) is 13.5. The highest BCUT2D eigenvalue weighted by Gasteiger charge is 2.28. The number of para-hydroxylation sites is 1. The van der Waals surface area contributed by atoms with Crippen molar-refractivity contribution in [1.29, 1.82) is 0 Å². The summed E-state index contributed by atoms with van der Waals surface area (Å²) in [5.74, 6) is 0.630. The van der Waals surface area contributed by atoms with Crippen molar-refractivity contribution in [3.05, 3.63) is 64.4 Å². The van der Waals surface area contributed by atoms with E-state index >= 15 is 0 Å². The van der Waals surface area contributed by atoms with E-state index in [1.54, 1.807) is 12.3 Å². The van der Waals surface area contributed by atoms with Gasteiger partial charge in [0.25, 0.3) is 0 Å². The van der Waals surface area contributed by atoms with Crippen LogP contribution in [0.5, 0.6) is 5.88 Å². The third-order valence-corrected chi connectivity index (χ3v) is 3.80. The maximum absolute atomic E-state index is 12.6. The maximum atomic E-state index is 12.6. The molecule has 4 heteroatoms. The lowest BCUT2D eigenvalue weighted by atomic mass is 10.1. The van der Waals surface area contributed by atoms with Gasteiger partial charge in [-0.15, -0.1) is 0 Å². The topological polar surface area (TPSA) is 44.1 Å². The number of aromatic nitrogens is 2. The van der Waals surface area contributed by atoms with E-state index in [2.05, 4.69) is 4.98 Å². The van der Waals surface area contributed by atoms with Crippen LogP contribution in [0.25, 0.3) is 16.7 Å². The van der Waals surface area contributed by atoms with Gasteiger partial charge in [0.2, 0.25) is 5.88 Å². The molecule has 0 aliphatic carbocycles. The Balaban J connectivity index is 2.17. The average molecular weight is 278 g/mol. The summed E-state index contributed by atoms with van der Waals surface area (Å²) in [6.07, 6.45) is 2.36. The van der Waals surface area contributed by atoms with Gasteiger partial charge in [0.05, 0.1) is 16.6 Å². The number of hydrogen-bond acceptors (Lipinski definition) is 3. The van der Waals surface area contributed by atoms with Crippen molar-refractivity contribution < 1.29 is 4.74 Å². The predicted molar refractivity (Wildman–Crippen MR) is 81.1 cm³/mol. The van der Waals surface area contributed by atoms with E-state index in [-0.39, 0.29) is 11.5 Å². The van der Waals surface area contributed by atoms with Crippen molar-refractivity contribution in [2.45, 2.75) is 19.4 Å². The summed E-state index contributed by atoms with van der Waals surface area (Å²) >= 11 is 0. The third kappa shape index (κ3) is 1.76. The fourth-order valence-corrected chi connectivity index (χ4v) is 2.88. The molecule has 0 radical (unpaired) electrons. The molecule has 4 nitrogen and oxygen atoms in total. The molecule has 3 heterocycles. The summed E-state index contributed by atoms with van der Waals surface area (Å²) in [6.45, 7) is 1.98. The van der Waals surface area contributed by atoms with Crippen molar-refractivity contribution >= 4 is 11.0 Å². The van der Waals surface area contributed by atoms with Crippen LogP contribution in [0.1, 0.15) is 12.5 Å². The van der Waals surface area contributed by atoms with Gasteiger partial charge in [-0.1, -0.05) is 18.2 Å². The van der Waals surface area contributed by atoms with E-state index in [0.29, 0.717) is 23.3 Å². The zero-order chi connectivity index (χ0) is 14.4. The minimum atomic E-state index is 0.0134. The smallest absolute Gasteiger partial charge is 0.207 e. The van der Waals surface area contributed by atoms with Gasteiger partial charge in [0, 0.05) is 12.6 Å². The minimum Gasteiger partial charge on any atom is -0.475 e. The monoisotopic (exact) mass is 278 g/mol. The van der Waals surface area contributed by atoms with Crippen LogP contribution in [-0.4, -0.2) is 15.7 Å². The first-order valence-corrected chi connectivity index (χ1v) is 7.00. The first-order chi connectivity index (χ1) is 10.3. The van der Waals surface area contributed by atoms with Crippen molar-refractivity contribution in [2.75, 3.05) is 0 Å². The Bertz CT molecular complexity index is 884. The van der Waals surface area contributed by atoms with Crippen LogP contribution < -0.4 is 10.2 Å². The fraction of sp³-hybridized carbons (Fsp3) is 0.176. The van der Waals surface area contributed by atoms with Crippen LogP contribution in [-0.2, 0) is 6.42 Å². The van der Waals surface area contributed by atoms with E-state index in [1.807, 2.05) is 47.9 Å². The Kier molecular flexibility index (Phi) is 2.57. The molecule has 104 valence electrons. The van der Waals surface area contributed by atoms with Crippen LogP contribution in [0.4, 0.5) is 0 Å². The van der Waals surface area contributed by atoms with E-state index in [4.69, 9.17) is 4.74 Å². The summed E-state index contributed by atoms with van der Waals surface area (Å²) in [4.78, 5) is 17.0. The number of hydrogen-bond donors (Lipinski definition) is 0. The molecule has 4 rings (SSSR count). The molecule has 0 fully saturated rings. The van der Waals surface area contributed by atoms with Gasteiger partial charge in [0.15, 0.2) is 11.1 Å². The second kappa shape index (κ2) is 4.45. The molecular formula is C17H14N2O2. The molecule has 1 unspecified atom stereocenters. The normalized spacial score (nSPS) is 16.7. The summed E-state index contributed by atoms with van der Waals surface area (Å²) < 4.78 is 7.84. The second-order valence-corrected chi connectivity index (χ2v) is 5.29. The Labute approximate surface area is 121 Å². The van der Waals surface area contributed by atoms with E-state index in [9.17, 15) is 4.79 Å². The number of benzene rings is 1. The molecule has 1 aliphatic heterocycles. The zero-order valence-corrected chi connectivity index (χ0v) is 11.6. The fourth-order valence-electron chi connectivity index (χ4n) is 2.88. The van der Waals surface area contributed by atoms with Gasteiger partial charge in [-0.05, 0) is 31.2 Å². The molecule has 1 atom stereocenters. The lowest BCUT2D eigenvalue weighted by Gasteiger charge is -2.15. The molecule has 0 N–H and O–H groups in total. The SMILES string of the molecule is CC1Cc2c(n(-c3ccccc3)c3ncccc3c2=O)O1. The van der Waals surface area contributed by atoms with Crippen molar-refractivity contribution in [3.63, 3.8) is 0 Å². The number of nitrogens with zero attached hydrogens (tertiary/aromatic N) is 2. The van der Waals surface area contributed by atoms with Crippen LogP contribution in [0.2, 0.25) is 0 Å². The molecule has 0 spiro atoms. The Morgan fingerprint density at radius 2 is 2.00 bits per heavy atom. The minimum absolute atomic E-state index is 0.0134. The van der Waals surface area contributed by atoms with Gasteiger partial charge < -0.3 is 4.74 Å². The standard InChI is InChI=1S/C17H14N2O2/c1-11-10-14-15(20)13-8-5-9-18-16(13)19(17(14)21-11)12-6-3-2-4-7-12/h2-9,11H,10H2,1H3. The molecule has 0 saturated heterocycles. The predicted octanol–water partition coefficient (Wildman–Crippen LogP) is 2.71. The van der Waals surface area contributed by atoms with Gasteiger partial charge in [-0.3, -0.25) is 9.36 Å². The maximum Gasteiger partial charge on any atom is 0.207 e. The summed E-state index contributed by atoms with van der Waals surface area (Å²) in [5, 5.41) is 0.637. The molecule has 3 aromatic rings. The van der Waals surface area contributed by atoms with Gasteiger partial charge in [0.1, 0.15) is 6.10 Å². The third-order valence-electron chi connectivity index (χ3n) is 3.80. The number of fused-ring (bicyclic) bond motifs is 2. The number of rotatable bonds is 1. The number of ether oxygens (including phenoxy) is 1. The lowest BCUT2D eigenvalue weighted by Crippen LogP contribution is -2.14. The molecule has 0 amide bonds. The summed E-state index contributed by atoms with van der Waals surface area (Å²) in [5.41, 5.74) is 2.37. The van der Waals surface area contributed by atoms with Crippen LogP contribution in [0.3, 0.4) is 0 Å².